The average Bonchev–Trinajstić information content (AvgIpc) is 2.89. The lowest BCUT2D eigenvalue weighted by Gasteiger charge is -2.16. The molecule has 1 aromatic rings. The van der Waals surface area contributed by atoms with Crippen molar-refractivity contribution < 1.29 is 9.59 Å². The summed E-state index contributed by atoms with van der Waals surface area (Å²) in [6, 6.07) is 3.61. The van der Waals surface area contributed by atoms with E-state index in [1.54, 1.807) is 18.0 Å². The second-order valence-electron chi connectivity index (χ2n) is 4.15. The molecule has 0 aliphatic carbocycles. The van der Waals surface area contributed by atoms with Crippen LogP contribution in [0.15, 0.2) is 17.5 Å². The van der Waals surface area contributed by atoms with Gasteiger partial charge in [-0.1, -0.05) is 19.4 Å². The Kier molecular flexibility index (Phi) is 6.43. The van der Waals surface area contributed by atoms with Crippen LogP contribution in [-0.2, 0) is 4.79 Å². The summed E-state index contributed by atoms with van der Waals surface area (Å²) in [7, 11) is 1.80. The van der Waals surface area contributed by atoms with Crippen LogP contribution >= 0.6 is 11.3 Å². The van der Waals surface area contributed by atoms with Gasteiger partial charge < -0.3 is 10.2 Å². The van der Waals surface area contributed by atoms with Gasteiger partial charge in [0.15, 0.2) is 0 Å². The fourth-order valence-electron chi connectivity index (χ4n) is 1.49. The lowest BCUT2D eigenvalue weighted by Crippen LogP contribution is -2.32. The number of nitrogens with one attached hydrogen (secondary N) is 1. The molecule has 0 aliphatic heterocycles. The largest absolute Gasteiger partial charge is 0.351 e. The first-order valence-corrected chi connectivity index (χ1v) is 7.08. The molecule has 0 atom stereocenters. The highest BCUT2D eigenvalue weighted by molar-refractivity contribution is 7.12. The fourth-order valence-corrected chi connectivity index (χ4v) is 2.13. The molecule has 0 aromatic carbocycles. The molecule has 1 rings (SSSR count). The van der Waals surface area contributed by atoms with E-state index in [0.29, 0.717) is 17.8 Å². The molecule has 0 saturated carbocycles. The zero-order valence-electron chi connectivity index (χ0n) is 10.9. The minimum Gasteiger partial charge on any atom is -0.351 e. The summed E-state index contributed by atoms with van der Waals surface area (Å²) in [6.45, 7) is 3.28. The Balaban J connectivity index is 2.21. The highest BCUT2D eigenvalue weighted by atomic mass is 32.1. The Bertz CT molecular complexity index is 376. The number of carbonyl (C=O) groups is 2. The number of amides is 2. The lowest BCUT2D eigenvalue weighted by atomic mass is 10.3. The Morgan fingerprint density at radius 3 is 2.83 bits per heavy atom. The molecule has 1 heterocycles. The monoisotopic (exact) mass is 268 g/mol. The molecule has 1 aromatic heterocycles. The number of carbonyl (C=O) groups excluding carboxylic acids is 2. The van der Waals surface area contributed by atoms with Crippen molar-refractivity contribution in [2.75, 3.05) is 20.1 Å². The van der Waals surface area contributed by atoms with Crippen molar-refractivity contribution in [2.24, 2.45) is 0 Å². The molecule has 0 bridgehead atoms. The van der Waals surface area contributed by atoms with E-state index in [9.17, 15) is 9.59 Å². The first-order valence-electron chi connectivity index (χ1n) is 6.20. The van der Waals surface area contributed by atoms with E-state index in [0.717, 1.165) is 19.4 Å². The molecule has 0 saturated heterocycles. The lowest BCUT2D eigenvalue weighted by molar-refractivity contribution is -0.129. The summed E-state index contributed by atoms with van der Waals surface area (Å²) < 4.78 is 0. The Hall–Kier alpha value is -1.36. The van der Waals surface area contributed by atoms with Crippen LogP contribution in [0.1, 0.15) is 35.9 Å². The maximum atomic E-state index is 11.7. The van der Waals surface area contributed by atoms with Crippen molar-refractivity contribution >= 4 is 23.2 Å². The van der Waals surface area contributed by atoms with Crippen molar-refractivity contribution in [2.45, 2.75) is 26.2 Å². The first-order chi connectivity index (χ1) is 8.65. The van der Waals surface area contributed by atoms with E-state index >= 15 is 0 Å². The fraction of sp³-hybridized carbons (Fsp3) is 0.538. The maximum absolute atomic E-state index is 11.7. The quantitative estimate of drug-likeness (QED) is 0.823. The average molecular weight is 268 g/mol. The maximum Gasteiger partial charge on any atom is 0.261 e. The summed E-state index contributed by atoms with van der Waals surface area (Å²) in [5.41, 5.74) is 0. The molecule has 0 radical (unpaired) electrons. The van der Waals surface area contributed by atoms with E-state index in [4.69, 9.17) is 0 Å². The Labute approximate surface area is 112 Å². The second kappa shape index (κ2) is 7.87. The molecule has 18 heavy (non-hydrogen) atoms. The Morgan fingerprint density at radius 2 is 2.22 bits per heavy atom. The van der Waals surface area contributed by atoms with Crippen molar-refractivity contribution in [1.29, 1.82) is 0 Å². The zero-order chi connectivity index (χ0) is 13.4. The highest BCUT2D eigenvalue weighted by Crippen LogP contribution is 2.07. The third kappa shape index (κ3) is 4.87. The van der Waals surface area contributed by atoms with Crippen molar-refractivity contribution in [3.8, 4) is 0 Å². The van der Waals surface area contributed by atoms with Crippen LogP contribution < -0.4 is 5.32 Å². The molecule has 1 N–H and O–H groups in total. The van der Waals surface area contributed by atoms with Crippen LogP contribution in [0.5, 0.6) is 0 Å². The van der Waals surface area contributed by atoms with Crippen LogP contribution in [0.3, 0.4) is 0 Å². The van der Waals surface area contributed by atoms with Gasteiger partial charge in [0.2, 0.25) is 5.91 Å². The molecule has 5 heteroatoms. The highest BCUT2D eigenvalue weighted by Gasteiger charge is 2.10. The van der Waals surface area contributed by atoms with Gasteiger partial charge in [0.1, 0.15) is 0 Å². The van der Waals surface area contributed by atoms with Crippen molar-refractivity contribution in [3.63, 3.8) is 0 Å². The molecular weight excluding hydrogens is 248 g/mol. The van der Waals surface area contributed by atoms with Gasteiger partial charge in [-0.3, -0.25) is 9.59 Å². The van der Waals surface area contributed by atoms with Gasteiger partial charge in [0.25, 0.3) is 5.91 Å². The number of nitrogens with zero attached hydrogens (tertiary/aromatic N) is 1. The standard InChI is InChI=1S/C13H20N2O2S/c1-3-4-9-15(2)12(16)7-8-14-13(17)11-6-5-10-18-11/h5-6,10H,3-4,7-9H2,1-2H3,(H,14,17). The van der Waals surface area contributed by atoms with Crippen LogP contribution in [-0.4, -0.2) is 36.9 Å². The van der Waals surface area contributed by atoms with Crippen molar-refractivity contribution in [1.82, 2.24) is 10.2 Å². The van der Waals surface area contributed by atoms with Crippen LogP contribution in [0.2, 0.25) is 0 Å². The SMILES string of the molecule is CCCCN(C)C(=O)CCNC(=O)c1cccs1. The minimum atomic E-state index is -0.103. The molecule has 0 spiro atoms. The molecular formula is C13H20N2O2S. The van der Waals surface area contributed by atoms with Gasteiger partial charge in [0, 0.05) is 26.6 Å². The summed E-state index contributed by atoms with van der Waals surface area (Å²) in [5.74, 6) is -0.0241. The van der Waals surface area contributed by atoms with Gasteiger partial charge >= 0.3 is 0 Å². The number of hydrogen-bond donors (Lipinski definition) is 1. The summed E-state index contributed by atoms with van der Waals surface area (Å²) >= 11 is 1.40. The summed E-state index contributed by atoms with van der Waals surface area (Å²) in [4.78, 5) is 25.7. The summed E-state index contributed by atoms with van der Waals surface area (Å²) in [6.07, 6.45) is 2.45. The predicted molar refractivity (Wildman–Crippen MR) is 73.8 cm³/mol. The topological polar surface area (TPSA) is 49.4 Å². The van der Waals surface area contributed by atoms with Crippen LogP contribution in [0, 0.1) is 0 Å². The molecule has 0 unspecified atom stereocenters. The number of hydrogen-bond acceptors (Lipinski definition) is 3. The van der Waals surface area contributed by atoms with Gasteiger partial charge in [0.05, 0.1) is 4.88 Å². The van der Waals surface area contributed by atoms with Gasteiger partial charge in [-0.15, -0.1) is 11.3 Å². The normalized spacial score (nSPS) is 10.1. The number of rotatable bonds is 7. The zero-order valence-corrected chi connectivity index (χ0v) is 11.8. The van der Waals surface area contributed by atoms with Gasteiger partial charge in [-0.25, -0.2) is 0 Å². The van der Waals surface area contributed by atoms with Gasteiger partial charge in [-0.2, -0.15) is 0 Å². The minimum absolute atomic E-state index is 0.0786. The van der Waals surface area contributed by atoms with E-state index < -0.39 is 0 Å². The number of unbranched alkanes of at least 4 members (excludes halogenated alkanes) is 1. The molecule has 0 fully saturated rings. The van der Waals surface area contributed by atoms with E-state index in [2.05, 4.69) is 12.2 Å². The van der Waals surface area contributed by atoms with E-state index in [-0.39, 0.29) is 11.8 Å². The van der Waals surface area contributed by atoms with Crippen molar-refractivity contribution in [3.05, 3.63) is 22.4 Å². The molecule has 4 nitrogen and oxygen atoms in total. The van der Waals surface area contributed by atoms with Crippen LogP contribution in [0.4, 0.5) is 0 Å². The van der Waals surface area contributed by atoms with Crippen LogP contribution in [0.25, 0.3) is 0 Å². The molecule has 0 aliphatic rings. The van der Waals surface area contributed by atoms with E-state index in [1.807, 2.05) is 11.4 Å². The molecule has 100 valence electrons. The third-order valence-corrected chi connectivity index (χ3v) is 3.51. The second-order valence-corrected chi connectivity index (χ2v) is 5.10. The number of thiophene rings is 1. The van der Waals surface area contributed by atoms with E-state index in [1.165, 1.54) is 11.3 Å². The van der Waals surface area contributed by atoms with Gasteiger partial charge in [-0.05, 0) is 17.9 Å². The summed E-state index contributed by atoms with van der Waals surface area (Å²) in [5, 5.41) is 4.61. The molecule has 2 amide bonds. The predicted octanol–water partition coefficient (Wildman–Crippen LogP) is 2.13. The smallest absolute Gasteiger partial charge is 0.261 e. The first kappa shape index (κ1) is 14.7. The Morgan fingerprint density at radius 1 is 1.44 bits per heavy atom. The third-order valence-electron chi connectivity index (χ3n) is 2.64.